The quantitative estimate of drug-likeness (QED) is 0.718. The molecule has 0 aliphatic heterocycles. The van der Waals surface area contributed by atoms with Crippen LogP contribution in [0.15, 0.2) is 53.8 Å². The van der Waals surface area contributed by atoms with Gasteiger partial charge < -0.3 is 10.8 Å². The summed E-state index contributed by atoms with van der Waals surface area (Å²) in [5.41, 5.74) is 8.85. The second-order valence-electron chi connectivity index (χ2n) is 5.16. The van der Waals surface area contributed by atoms with E-state index in [1.54, 1.807) is 24.5 Å². The van der Waals surface area contributed by atoms with E-state index < -0.39 is 5.97 Å². The maximum atomic E-state index is 11.0. The first-order chi connectivity index (χ1) is 11.5. The van der Waals surface area contributed by atoms with Gasteiger partial charge in [0.2, 0.25) is 5.95 Å². The first-order valence-corrected chi connectivity index (χ1v) is 7.19. The number of nitrogen functional groups attached to an aromatic ring is 1. The van der Waals surface area contributed by atoms with Gasteiger partial charge in [-0.05, 0) is 24.6 Å². The molecule has 0 saturated heterocycles. The number of aromatic nitrogens is 3. The van der Waals surface area contributed by atoms with Crippen LogP contribution in [0.4, 0.5) is 5.95 Å². The summed E-state index contributed by atoms with van der Waals surface area (Å²) in [6.45, 7) is 1.84. The Bertz CT molecular complexity index is 913. The van der Waals surface area contributed by atoms with Gasteiger partial charge >= 0.3 is 5.97 Å². The molecule has 3 N–H and O–H groups in total. The van der Waals surface area contributed by atoms with Crippen LogP contribution in [-0.4, -0.2) is 31.9 Å². The number of hydrogen-bond acceptors (Lipinski definition) is 5. The number of carboxylic acids is 1. The highest BCUT2D eigenvalue weighted by molar-refractivity contribution is 5.86. The number of aromatic carboxylic acids is 1. The minimum atomic E-state index is -1.05. The smallest absolute Gasteiger partial charge is 0.354 e. The van der Waals surface area contributed by atoms with Crippen molar-refractivity contribution in [2.75, 3.05) is 5.73 Å². The SMILES string of the molecule is Cc1cn(N=Cc2ccc(-c3cccc(C(=O)O)n3)cc2)c(N)n1. The molecule has 0 aliphatic rings. The van der Waals surface area contributed by atoms with Crippen LogP contribution < -0.4 is 5.73 Å². The zero-order valence-electron chi connectivity index (χ0n) is 12.9. The van der Waals surface area contributed by atoms with E-state index in [2.05, 4.69) is 15.1 Å². The van der Waals surface area contributed by atoms with Gasteiger partial charge in [-0.2, -0.15) is 5.10 Å². The Morgan fingerprint density at radius 1 is 1.21 bits per heavy atom. The van der Waals surface area contributed by atoms with Gasteiger partial charge in [-0.15, -0.1) is 0 Å². The monoisotopic (exact) mass is 321 g/mol. The normalized spacial score (nSPS) is 11.0. The maximum absolute atomic E-state index is 11.0. The molecule has 0 saturated carbocycles. The van der Waals surface area contributed by atoms with Crippen molar-refractivity contribution in [3.05, 3.63) is 65.6 Å². The molecule has 24 heavy (non-hydrogen) atoms. The summed E-state index contributed by atoms with van der Waals surface area (Å²) < 4.78 is 1.50. The minimum Gasteiger partial charge on any atom is -0.477 e. The van der Waals surface area contributed by atoms with E-state index >= 15 is 0 Å². The van der Waals surface area contributed by atoms with Gasteiger partial charge in [0.1, 0.15) is 5.69 Å². The lowest BCUT2D eigenvalue weighted by Crippen LogP contribution is -2.00. The molecule has 0 radical (unpaired) electrons. The second-order valence-corrected chi connectivity index (χ2v) is 5.16. The Morgan fingerprint density at radius 3 is 2.58 bits per heavy atom. The van der Waals surface area contributed by atoms with Gasteiger partial charge in [0.15, 0.2) is 0 Å². The number of hydrogen-bond donors (Lipinski definition) is 2. The van der Waals surface area contributed by atoms with Gasteiger partial charge in [0, 0.05) is 5.56 Å². The number of benzene rings is 1. The molecule has 0 fully saturated rings. The first kappa shape index (κ1) is 15.4. The lowest BCUT2D eigenvalue weighted by atomic mass is 10.1. The van der Waals surface area contributed by atoms with Crippen LogP contribution in [-0.2, 0) is 0 Å². The fourth-order valence-electron chi connectivity index (χ4n) is 2.18. The molecular weight excluding hydrogens is 306 g/mol. The molecule has 7 heteroatoms. The number of pyridine rings is 1. The van der Waals surface area contributed by atoms with Crippen LogP contribution in [0.5, 0.6) is 0 Å². The molecule has 120 valence electrons. The minimum absolute atomic E-state index is 0.0177. The van der Waals surface area contributed by atoms with Crippen molar-refractivity contribution in [1.29, 1.82) is 0 Å². The Hall–Kier alpha value is -3.48. The Balaban J connectivity index is 1.82. The molecular formula is C17H15N5O2. The van der Waals surface area contributed by atoms with E-state index in [-0.39, 0.29) is 5.69 Å². The zero-order valence-corrected chi connectivity index (χ0v) is 12.9. The fourth-order valence-corrected chi connectivity index (χ4v) is 2.18. The molecule has 0 amide bonds. The molecule has 1 aromatic carbocycles. The van der Waals surface area contributed by atoms with Crippen molar-refractivity contribution in [3.63, 3.8) is 0 Å². The number of aryl methyl sites for hydroxylation is 1. The fraction of sp³-hybridized carbons (Fsp3) is 0.0588. The van der Waals surface area contributed by atoms with Crippen LogP contribution in [0.25, 0.3) is 11.3 Å². The number of nitrogens with two attached hydrogens (primary N) is 1. The summed E-state index contributed by atoms with van der Waals surface area (Å²) in [4.78, 5) is 19.2. The molecule has 2 aromatic heterocycles. The van der Waals surface area contributed by atoms with E-state index in [1.165, 1.54) is 10.7 Å². The number of nitrogens with zero attached hydrogens (tertiary/aromatic N) is 4. The van der Waals surface area contributed by atoms with E-state index in [9.17, 15) is 4.79 Å². The highest BCUT2D eigenvalue weighted by atomic mass is 16.4. The topological polar surface area (TPSA) is 106 Å². The van der Waals surface area contributed by atoms with Crippen molar-refractivity contribution in [3.8, 4) is 11.3 Å². The third kappa shape index (κ3) is 3.30. The van der Waals surface area contributed by atoms with E-state index in [4.69, 9.17) is 10.8 Å². The number of carboxylic acid groups (broad SMARTS) is 1. The number of carbonyl (C=O) groups is 1. The van der Waals surface area contributed by atoms with Crippen LogP contribution in [0, 0.1) is 6.92 Å². The van der Waals surface area contributed by atoms with Gasteiger partial charge in [-0.3, -0.25) is 0 Å². The lowest BCUT2D eigenvalue weighted by molar-refractivity contribution is 0.0690. The standard InChI is InChI=1S/C17H15N5O2/c1-11-10-22(17(18)20-11)19-9-12-5-7-13(8-6-12)14-3-2-4-15(21-14)16(23)24/h2-10H,1H3,(H2,18,20)(H,23,24). The van der Waals surface area contributed by atoms with Gasteiger partial charge in [-0.25, -0.2) is 19.4 Å². The Kier molecular flexibility index (Phi) is 4.07. The van der Waals surface area contributed by atoms with Crippen molar-refractivity contribution >= 4 is 18.1 Å². The molecule has 0 bridgehead atoms. The maximum Gasteiger partial charge on any atom is 0.354 e. The molecule has 3 aromatic rings. The molecule has 0 atom stereocenters. The van der Waals surface area contributed by atoms with Crippen molar-refractivity contribution in [2.45, 2.75) is 6.92 Å². The predicted molar refractivity (Wildman–Crippen MR) is 91.0 cm³/mol. The van der Waals surface area contributed by atoms with Crippen LogP contribution >= 0.6 is 0 Å². The summed E-state index contributed by atoms with van der Waals surface area (Å²) in [7, 11) is 0. The van der Waals surface area contributed by atoms with Crippen LogP contribution in [0.3, 0.4) is 0 Å². The largest absolute Gasteiger partial charge is 0.477 e. The van der Waals surface area contributed by atoms with E-state index in [1.807, 2.05) is 31.2 Å². The summed E-state index contributed by atoms with van der Waals surface area (Å²) in [6, 6.07) is 12.4. The number of anilines is 1. The molecule has 3 rings (SSSR count). The average Bonchev–Trinajstić information content (AvgIpc) is 2.91. The Labute approximate surface area is 138 Å². The second kappa shape index (κ2) is 6.33. The molecule has 7 nitrogen and oxygen atoms in total. The van der Waals surface area contributed by atoms with Gasteiger partial charge in [-0.1, -0.05) is 30.3 Å². The highest BCUT2D eigenvalue weighted by Gasteiger charge is 2.06. The van der Waals surface area contributed by atoms with Crippen molar-refractivity contribution in [1.82, 2.24) is 14.6 Å². The lowest BCUT2D eigenvalue weighted by Gasteiger charge is -2.03. The highest BCUT2D eigenvalue weighted by Crippen LogP contribution is 2.17. The molecule has 0 unspecified atom stereocenters. The third-order valence-corrected chi connectivity index (χ3v) is 3.34. The summed E-state index contributed by atoms with van der Waals surface area (Å²) >= 11 is 0. The molecule has 0 spiro atoms. The van der Waals surface area contributed by atoms with Crippen molar-refractivity contribution < 1.29 is 9.90 Å². The zero-order chi connectivity index (χ0) is 17.1. The van der Waals surface area contributed by atoms with E-state index in [0.717, 1.165) is 16.8 Å². The van der Waals surface area contributed by atoms with Crippen LogP contribution in [0.2, 0.25) is 0 Å². The molecule has 0 aliphatic carbocycles. The summed E-state index contributed by atoms with van der Waals surface area (Å²) in [6.07, 6.45) is 3.41. The average molecular weight is 321 g/mol. The van der Waals surface area contributed by atoms with Crippen LogP contribution in [0.1, 0.15) is 21.7 Å². The van der Waals surface area contributed by atoms with E-state index in [0.29, 0.717) is 11.6 Å². The number of rotatable bonds is 4. The predicted octanol–water partition coefficient (Wildman–Crippen LogP) is 2.42. The van der Waals surface area contributed by atoms with Crippen molar-refractivity contribution in [2.24, 2.45) is 5.10 Å². The first-order valence-electron chi connectivity index (χ1n) is 7.19. The summed E-state index contributed by atoms with van der Waals surface area (Å²) in [5, 5.41) is 13.3. The Morgan fingerprint density at radius 2 is 1.96 bits per heavy atom. The van der Waals surface area contributed by atoms with Gasteiger partial charge in [0.25, 0.3) is 0 Å². The number of imidazole rings is 1. The summed E-state index contributed by atoms with van der Waals surface area (Å²) in [5.74, 6) is -0.719. The van der Waals surface area contributed by atoms with Gasteiger partial charge in [0.05, 0.1) is 23.8 Å². The molecule has 2 heterocycles. The third-order valence-electron chi connectivity index (χ3n) is 3.34.